The molecule has 2 aromatic rings. The fraction of sp³-hybridized carbons (Fsp3) is 0.353. The molecule has 3 rings (SSSR count). The maximum atomic E-state index is 13.2. The van der Waals surface area contributed by atoms with Gasteiger partial charge in [-0.2, -0.15) is 21.6 Å². The van der Waals surface area contributed by atoms with Crippen molar-refractivity contribution < 1.29 is 40.4 Å². The zero-order valence-corrected chi connectivity index (χ0v) is 14.8. The van der Waals surface area contributed by atoms with Crippen molar-refractivity contribution in [2.24, 2.45) is 0 Å². The standard InChI is InChI=1S/C17H15F3O6S/c1-16(17(18,19)20,9-27(22,23)24)26-15(21)13-5-3-10-6-12(14-8-25-14)4-2-11(10)7-13/h2-7,14H,8-9H2,1H3,(H,22,23,24). The van der Waals surface area contributed by atoms with E-state index in [0.29, 0.717) is 18.9 Å². The number of alkyl halides is 3. The second-order valence-corrected chi connectivity index (χ2v) is 7.94. The van der Waals surface area contributed by atoms with Crippen molar-refractivity contribution in [3.63, 3.8) is 0 Å². The Balaban J connectivity index is 1.88. The summed E-state index contributed by atoms with van der Waals surface area (Å²) in [5.41, 5.74) is -2.61. The molecule has 0 aliphatic carbocycles. The molecule has 0 spiro atoms. The van der Waals surface area contributed by atoms with Crippen LogP contribution in [0.25, 0.3) is 10.8 Å². The molecule has 2 unspecified atom stereocenters. The minimum atomic E-state index is -5.20. The van der Waals surface area contributed by atoms with E-state index in [9.17, 15) is 26.4 Å². The molecular weight excluding hydrogens is 389 g/mol. The van der Waals surface area contributed by atoms with E-state index in [0.717, 1.165) is 10.9 Å². The van der Waals surface area contributed by atoms with E-state index in [1.54, 1.807) is 18.2 Å². The smallest absolute Gasteiger partial charge is 0.429 e. The fourth-order valence-electron chi connectivity index (χ4n) is 2.61. The molecule has 1 saturated heterocycles. The van der Waals surface area contributed by atoms with Gasteiger partial charge < -0.3 is 9.47 Å². The topological polar surface area (TPSA) is 93.2 Å². The van der Waals surface area contributed by atoms with Crippen LogP contribution in [0.1, 0.15) is 28.9 Å². The second kappa shape index (κ2) is 6.47. The highest BCUT2D eigenvalue weighted by atomic mass is 32.2. The summed E-state index contributed by atoms with van der Waals surface area (Å²) >= 11 is 0. The Morgan fingerprint density at radius 2 is 1.81 bits per heavy atom. The van der Waals surface area contributed by atoms with Gasteiger partial charge in [-0.1, -0.05) is 18.2 Å². The van der Waals surface area contributed by atoms with Gasteiger partial charge in [-0.15, -0.1) is 0 Å². The molecule has 6 nitrogen and oxygen atoms in total. The molecular formula is C17H15F3O6S. The monoisotopic (exact) mass is 404 g/mol. The summed E-state index contributed by atoms with van der Waals surface area (Å²) in [7, 11) is -5.04. The number of hydrogen-bond acceptors (Lipinski definition) is 5. The SMILES string of the molecule is CC(CS(=O)(=O)O)(OC(=O)c1ccc2cc(C3CO3)ccc2c1)C(F)(F)F. The van der Waals surface area contributed by atoms with Crippen LogP contribution in [0.4, 0.5) is 13.2 Å². The summed E-state index contributed by atoms with van der Waals surface area (Å²) in [4.78, 5) is 12.2. The van der Waals surface area contributed by atoms with Crippen molar-refractivity contribution >= 4 is 26.9 Å². The molecule has 1 fully saturated rings. The highest BCUT2D eigenvalue weighted by molar-refractivity contribution is 7.85. The molecule has 27 heavy (non-hydrogen) atoms. The lowest BCUT2D eigenvalue weighted by Gasteiger charge is -2.30. The first kappa shape index (κ1) is 19.6. The van der Waals surface area contributed by atoms with Crippen LogP contribution >= 0.6 is 0 Å². The van der Waals surface area contributed by atoms with Gasteiger partial charge in [0, 0.05) is 0 Å². The third-order valence-electron chi connectivity index (χ3n) is 4.18. The van der Waals surface area contributed by atoms with E-state index in [4.69, 9.17) is 9.29 Å². The third-order valence-corrected chi connectivity index (χ3v) is 5.10. The minimum Gasteiger partial charge on any atom is -0.445 e. The molecule has 1 N–H and O–H groups in total. The summed E-state index contributed by atoms with van der Waals surface area (Å²) in [5.74, 6) is -3.15. The summed E-state index contributed by atoms with van der Waals surface area (Å²) in [5, 5.41) is 1.36. The number of ether oxygens (including phenoxy) is 2. The number of carbonyl (C=O) groups is 1. The lowest BCUT2D eigenvalue weighted by atomic mass is 10.0. The van der Waals surface area contributed by atoms with Crippen LogP contribution in [0.2, 0.25) is 0 Å². The number of benzene rings is 2. The van der Waals surface area contributed by atoms with E-state index in [2.05, 4.69) is 4.74 Å². The van der Waals surface area contributed by atoms with Crippen LogP contribution in [0.3, 0.4) is 0 Å². The number of fused-ring (bicyclic) bond motifs is 1. The zero-order chi connectivity index (χ0) is 20.0. The van der Waals surface area contributed by atoms with E-state index in [-0.39, 0.29) is 11.7 Å². The molecule has 146 valence electrons. The van der Waals surface area contributed by atoms with E-state index >= 15 is 0 Å². The molecule has 0 aromatic heterocycles. The summed E-state index contributed by atoms with van der Waals surface area (Å²) in [6.07, 6.45) is -5.17. The zero-order valence-electron chi connectivity index (χ0n) is 14.0. The van der Waals surface area contributed by atoms with Crippen LogP contribution in [-0.2, 0) is 19.6 Å². The molecule has 10 heteroatoms. The van der Waals surface area contributed by atoms with Gasteiger partial charge in [0.1, 0.15) is 11.9 Å². The Labute approximate surface area is 152 Å². The van der Waals surface area contributed by atoms with Crippen molar-refractivity contribution in [1.82, 2.24) is 0 Å². The highest BCUT2D eigenvalue weighted by Crippen LogP contribution is 2.36. The van der Waals surface area contributed by atoms with Gasteiger partial charge in [-0.3, -0.25) is 4.55 Å². The Kier molecular flexibility index (Phi) is 4.69. The highest BCUT2D eigenvalue weighted by Gasteiger charge is 2.57. The largest absolute Gasteiger partial charge is 0.445 e. The molecule has 1 aliphatic rings. The van der Waals surface area contributed by atoms with E-state index in [1.807, 2.05) is 6.07 Å². The molecule has 2 atom stereocenters. The Hall–Kier alpha value is -2.17. The second-order valence-electron chi connectivity index (χ2n) is 6.49. The summed E-state index contributed by atoms with van der Waals surface area (Å²) < 4.78 is 80.0. The average Bonchev–Trinajstić information content (AvgIpc) is 3.35. The first-order chi connectivity index (χ1) is 12.4. The van der Waals surface area contributed by atoms with Crippen LogP contribution < -0.4 is 0 Å². The number of esters is 1. The van der Waals surface area contributed by atoms with Gasteiger partial charge in [-0.05, 0) is 41.5 Å². The van der Waals surface area contributed by atoms with Crippen LogP contribution in [0.15, 0.2) is 36.4 Å². The van der Waals surface area contributed by atoms with Crippen molar-refractivity contribution in [1.29, 1.82) is 0 Å². The van der Waals surface area contributed by atoms with Crippen molar-refractivity contribution in [3.8, 4) is 0 Å². The molecule has 0 radical (unpaired) electrons. The van der Waals surface area contributed by atoms with Gasteiger partial charge in [0.15, 0.2) is 0 Å². The predicted octanol–water partition coefficient (Wildman–Crippen LogP) is 3.28. The number of rotatable bonds is 5. The number of hydrogen-bond donors (Lipinski definition) is 1. The molecule has 0 saturated carbocycles. The van der Waals surface area contributed by atoms with Crippen molar-refractivity contribution in [2.75, 3.05) is 12.4 Å². The maximum Gasteiger partial charge on any atom is 0.429 e. The predicted molar refractivity (Wildman–Crippen MR) is 88.9 cm³/mol. The minimum absolute atomic E-state index is 0.0342. The van der Waals surface area contributed by atoms with Gasteiger partial charge >= 0.3 is 12.1 Å². The van der Waals surface area contributed by atoms with Gasteiger partial charge in [0.25, 0.3) is 10.1 Å². The molecule has 2 aromatic carbocycles. The maximum absolute atomic E-state index is 13.2. The van der Waals surface area contributed by atoms with Gasteiger partial charge in [0.2, 0.25) is 5.60 Å². The average molecular weight is 404 g/mol. The quantitative estimate of drug-likeness (QED) is 0.467. The van der Waals surface area contributed by atoms with Crippen molar-refractivity contribution in [3.05, 3.63) is 47.5 Å². The fourth-order valence-corrected chi connectivity index (χ4v) is 3.53. The summed E-state index contributed by atoms with van der Waals surface area (Å²) in [6, 6.07) is 9.51. The van der Waals surface area contributed by atoms with E-state index < -0.39 is 33.6 Å². The third kappa shape index (κ3) is 4.40. The summed E-state index contributed by atoms with van der Waals surface area (Å²) in [6.45, 7) is 1.02. The number of halogens is 3. The lowest BCUT2D eigenvalue weighted by molar-refractivity contribution is -0.243. The van der Waals surface area contributed by atoms with Crippen LogP contribution in [-0.4, -0.2) is 43.1 Å². The van der Waals surface area contributed by atoms with Crippen LogP contribution in [0.5, 0.6) is 0 Å². The Morgan fingerprint density at radius 3 is 2.37 bits per heavy atom. The molecule has 1 heterocycles. The van der Waals surface area contributed by atoms with Gasteiger partial charge in [0.05, 0.1) is 12.2 Å². The van der Waals surface area contributed by atoms with Crippen molar-refractivity contribution in [2.45, 2.75) is 24.8 Å². The number of epoxide rings is 1. The molecule has 0 bridgehead atoms. The Bertz CT molecular complexity index is 997. The Morgan fingerprint density at radius 1 is 1.22 bits per heavy atom. The molecule has 0 amide bonds. The van der Waals surface area contributed by atoms with E-state index in [1.165, 1.54) is 12.1 Å². The van der Waals surface area contributed by atoms with Crippen LogP contribution in [0, 0.1) is 0 Å². The van der Waals surface area contributed by atoms with Gasteiger partial charge in [-0.25, -0.2) is 4.79 Å². The number of carbonyl (C=O) groups excluding carboxylic acids is 1. The first-order valence-corrected chi connectivity index (χ1v) is 9.39. The molecule has 1 aliphatic heterocycles. The lowest BCUT2D eigenvalue weighted by Crippen LogP contribution is -2.51. The first-order valence-electron chi connectivity index (χ1n) is 7.78. The normalized spacial score (nSPS) is 19.5.